The third-order valence-electron chi connectivity index (χ3n) is 3.73. The number of rotatable bonds is 3. The van der Waals surface area contributed by atoms with Gasteiger partial charge in [-0.25, -0.2) is 0 Å². The van der Waals surface area contributed by atoms with Crippen molar-refractivity contribution in [3.05, 3.63) is 29.3 Å². The number of hydrogen-bond acceptors (Lipinski definition) is 2. The first-order valence-electron chi connectivity index (χ1n) is 6.69. The summed E-state index contributed by atoms with van der Waals surface area (Å²) in [5, 5.41) is 7.06. The van der Waals surface area contributed by atoms with Crippen LogP contribution in [-0.2, 0) is 0 Å². The molecule has 1 aromatic carbocycles. The molecule has 0 unspecified atom stereocenters. The summed E-state index contributed by atoms with van der Waals surface area (Å²) in [6.07, 6.45) is 5.13. The fourth-order valence-corrected chi connectivity index (χ4v) is 2.82. The molecule has 0 bridgehead atoms. The summed E-state index contributed by atoms with van der Waals surface area (Å²) in [5.74, 6) is 0. The van der Waals surface area contributed by atoms with Gasteiger partial charge in [0.25, 0.3) is 0 Å². The Bertz CT molecular complexity index is 345. The van der Waals surface area contributed by atoms with E-state index in [2.05, 4.69) is 49.7 Å². The molecule has 94 valence electrons. The predicted molar refractivity (Wildman–Crippen MR) is 74.6 cm³/mol. The van der Waals surface area contributed by atoms with E-state index in [-0.39, 0.29) is 0 Å². The van der Waals surface area contributed by atoms with Gasteiger partial charge in [-0.1, -0.05) is 6.07 Å². The zero-order chi connectivity index (χ0) is 12.3. The summed E-state index contributed by atoms with van der Waals surface area (Å²) in [6.45, 7) is 4.33. The van der Waals surface area contributed by atoms with Crippen LogP contribution in [0.5, 0.6) is 0 Å². The summed E-state index contributed by atoms with van der Waals surface area (Å²) in [4.78, 5) is 0. The van der Waals surface area contributed by atoms with E-state index in [1.807, 2.05) is 0 Å². The van der Waals surface area contributed by atoms with E-state index >= 15 is 0 Å². The molecule has 1 aliphatic carbocycles. The minimum absolute atomic E-state index is 0.654. The van der Waals surface area contributed by atoms with Crippen LogP contribution in [0.1, 0.15) is 36.8 Å². The quantitative estimate of drug-likeness (QED) is 0.836. The van der Waals surface area contributed by atoms with Crippen molar-refractivity contribution in [2.45, 2.75) is 51.6 Å². The highest BCUT2D eigenvalue weighted by molar-refractivity contribution is 5.49. The van der Waals surface area contributed by atoms with Gasteiger partial charge in [0.2, 0.25) is 0 Å². The minimum Gasteiger partial charge on any atom is -0.382 e. The monoisotopic (exact) mass is 232 g/mol. The van der Waals surface area contributed by atoms with Crippen LogP contribution in [0.2, 0.25) is 0 Å². The lowest BCUT2D eigenvalue weighted by Gasteiger charge is -2.29. The molecule has 2 heteroatoms. The van der Waals surface area contributed by atoms with E-state index in [4.69, 9.17) is 0 Å². The largest absolute Gasteiger partial charge is 0.382 e. The Morgan fingerprint density at radius 2 is 1.41 bits per heavy atom. The molecule has 1 fully saturated rings. The average molecular weight is 232 g/mol. The highest BCUT2D eigenvalue weighted by atomic mass is 14.9. The molecule has 0 aromatic heterocycles. The third-order valence-corrected chi connectivity index (χ3v) is 3.73. The fourth-order valence-electron chi connectivity index (χ4n) is 2.82. The van der Waals surface area contributed by atoms with Crippen molar-refractivity contribution in [2.24, 2.45) is 0 Å². The van der Waals surface area contributed by atoms with Crippen molar-refractivity contribution < 1.29 is 0 Å². The Labute approximate surface area is 105 Å². The van der Waals surface area contributed by atoms with Crippen LogP contribution < -0.4 is 10.6 Å². The topological polar surface area (TPSA) is 24.1 Å². The first kappa shape index (κ1) is 12.4. The van der Waals surface area contributed by atoms with E-state index < -0.39 is 0 Å². The second-order valence-corrected chi connectivity index (χ2v) is 5.36. The number of hydrogen-bond donors (Lipinski definition) is 2. The van der Waals surface area contributed by atoms with Crippen molar-refractivity contribution in [1.29, 1.82) is 0 Å². The summed E-state index contributed by atoms with van der Waals surface area (Å²) in [7, 11) is 2.07. The molecule has 2 nitrogen and oxygen atoms in total. The molecule has 1 saturated carbocycles. The predicted octanol–water partition coefficient (Wildman–Crippen LogP) is 3.25. The molecule has 0 amide bonds. The van der Waals surface area contributed by atoms with Crippen LogP contribution in [0.15, 0.2) is 18.2 Å². The van der Waals surface area contributed by atoms with Gasteiger partial charge in [-0.3, -0.25) is 0 Å². The molecule has 0 spiro atoms. The van der Waals surface area contributed by atoms with Crippen LogP contribution >= 0.6 is 0 Å². The van der Waals surface area contributed by atoms with Gasteiger partial charge in [0.15, 0.2) is 0 Å². The molecule has 17 heavy (non-hydrogen) atoms. The maximum Gasteiger partial charge on any atom is 0.0347 e. The van der Waals surface area contributed by atoms with Crippen LogP contribution in [0.25, 0.3) is 0 Å². The van der Waals surface area contributed by atoms with Gasteiger partial charge >= 0.3 is 0 Å². The first-order chi connectivity index (χ1) is 8.17. The minimum atomic E-state index is 0.654. The Kier molecular flexibility index (Phi) is 4.06. The van der Waals surface area contributed by atoms with Gasteiger partial charge in [0.05, 0.1) is 0 Å². The van der Waals surface area contributed by atoms with E-state index in [1.54, 1.807) is 0 Å². The Hall–Kier alpha value is -1.02. The zero-order valence-corrected chi connectivity index (χ0v) is 11.2. The second kappa shape index (κ2) is 5.54. The van der Waals surface area contributed by atoms with Gasteiger partial charge in [-0.2, -0.15) is 0 Å². The van der Waals surface area contributed by atoms with Crippen molar-refractivity contribution in [1.82, 2.24) is 5.32 Å². The molecule has 0 heterocycles. The smallest absolute Gasteiger partial charge is 0.0347 e. The van der Waals surface area contributed by atoms with Crippen LogP contribution in [0.3, 0.4) is 0 Å². The Balaban J connectivity index is 1.93. The molecule has 0 saturated heterocycles. The number of nitrogens with one attached hydrogen (secondary N) is 2. The molecular weight excluding hydrogens is 208 g/mol. The maximum atomic E-state index is 3.68. The van der Waals surface area contributed by atoms with E-state index in [1.165, 1.54) is 42.5 Å². The number of aryl methyl sites for hydroxylation is 2. The van der Waals surface area contributed by atoms with Gasteiger partial charge < -0.3 is 10.6 Å². The van der Waals surface area contributed by atoms with Crippen molar-refractivity contribution in [3.63, 3.8) is 0 Å². The molecule has 2 N–H and O–H groups in total. The van der Waals surface area contributed by atoms with Crippen LogP contribution in [-0.4, -0.2) is 19.1 Å². The Morgan fingerprint density at radius 3 is 1.94 bits per heavy atom. The standard InChI is InChI=1S/C15H24N2/c1-11-8-12(2)10-15(9-11)17-14-6-4-13(16-3)5-7-14/h8-10,13-14,16-17H,4-7H2,1-3H3. The third kappa shape index (κ3) is 3.47. The van der Waals surface area contributed by atoms with Gasteiger partial charge in [0, 0.05) is 17.8 Å². The van der Waals surface area contributed by atoms with Crippen molar-refractivity contribution in [2.75, 3.05) is 12.4 Å². The van der Waals surface area contributed by atoms with E-state index in [0.29, 0.717) is 6.04 Å². The molecule has 2 rings (SSSR count). The average Bonchev–Trinajstić information content (AvgIpc) is 2.28. The Morgan fingerprint density at radius 1 is 0.882 bits per heavy atom. The number of benzene rings is 1. The fraction of sp³-hybridized carbons (Fsp3) is 0.600. The van der Waals surface area contributed by atoms with Crippen LogP contribution in [0.4, 0.5) is 5.69 Å². The lowest BCUT2D eigenvalue weighted by atomic mass is 9.91. The zero-order valence-electron chi connectivity index (χ0n) is 11.2. The molecular formula is C15H24N2. The molecule has 1 aromatic rings. The SMILES string of the molecule is CNC1CCC(Nc2cc(C)cc(C)c2)CC1. The van der Waals surface area contributed by atoms with Gasteiger partial charge in [-0.05, 0) is 69.8 Å². The van der Waals surface area contributed by atoms with Crippen molar-refractivity contribution >= 4 is 5.69 Å². The lowest BCUT2D eigenvalue weighted by molar-refractivity contribution is 0.371. The highest BCUT2D eigenvalue weighted by Crippen LogP contribution is 2.23. The molecule has 0 atom stereocenters. The lowest BCUT2D eigenvalue weighted by Crippen LogP contribution is -2.34. The number of anilines is 1. The van der Waals surface area contributed by atoms with Gasteiger partial charge in [0.1, 0.15) is 0 Å². The van der Waals surface area contributed by atoms with E-state index in [9.17, 15) is 0 Å². The maximum absolute atomic E-state index is 3.68. The highest BCUT2D eigenvalue weighted by Gasteiger charge is 2.19. The summed E-state index contributed by atoms with van der Waals surface area (Å²) >= 11 is 0. The second-order valence-electron chi connectivity index (χ2n) is 5.36. The van der Waals surface area contributed by atoms with Crippen LogP contribution in [0, 0.1) is 13.8 Å². The summed E-state index contributed by atoms with van der Waals surface area (Å²) < 4.78 is 0. The van der Waals surface area contributed by atoms with Gasteiger partial charge in [-0.15, -0.1) is 0 Å². The van der Waals surface area contributed by atoms with E-state index in [0.717, 1.165) is 6.04 Å². The molecule has 0 aliphatic heterocycles. The summed E-state index contributed by atoms with van der Waals surface area (Å²) in [6, 6.07) is 8.10. The molecule has 0 radical (unpaired) electrons. The van der Waals surface area contributed by atoms with Crippen molar-refractivity contribution in [3.8, 4) is 0 Å². The molecule has 1 aliphatic rings. The first-order valence-corrected chi connectivity index (χ1v) is 6.69. The normalized spacial score (nSPS) is 24.6. The summed E-state index contributed by atoms with van der Waals surface area (Å²) in [5.41, 5.74) is 3.98.